The van der Waals surface area contributed by atoms with Crippen molar-refractivity contribution in [1.29, 1.82) is 0 Å². The van der Waals surface area contributed by atoms with Crippen molar-refractivity contribution >= 4 is 12.9 Å². The van der Waals surface area contributed by atoms with Crippen molar-refractivity contribution in [2.75, 3.05) is 0 Å². The number of benzene rings is 1. The van der Waals surface area contributed by atoms with Crippen LogP contribution in [-0.4, -0.2) is 0 Å². The van der Waals surface area contributed by atoms with Crippen LogP contribution < -0.4 is 15.1 Å². The molecule has 102 valence electrons. The minimum atomic E-state index is -4.65. The van der Waals surface area contributed by atoms with Crippen molar-refractivity contribution in [3.8, 4) is 0 Å². The summed E-state index contributed by atoms with van der Waals surface area (Å²) in [4.78, 5) is 22.4. The molecule has 1 aromatic carbocycles. The Bertz CT molecular complexity index is 411. The molecule has 0 aliphatic carbocycles. The van der Waals surface area contributed by atoms with Crippen LogP contribution in [0.15, 0.2) is 24.3 Å². The summed E-state index contributed by atoms with van der Waals surface area (Å²) >= 11 is 0. The average molecular weight is 268 g/mol. The second-order valence-corrected chi connectivity index (χ2v) is 6.22. The zero-order chi connectivity index (χ0) is 13.6. The first-order valence-corrected chi connectivity index (χ1v) is 8.13. The predicted octanol–water partition coefficient (Wildman–Crippen LogP) is 1.98. The van der Waals surface area contributed by atoms with Crippen molar-refractivity contribution in [2.24, 2.45) is 5.92 Å². The zero-order valence-electron chi connectivity index (χ0n) is 11.1. The van der Waals surface area contributed by atoms with E-state index in [1.807, 2.05) is 0 Å². The van der Waals surface area contributed by atoms with Crippen LogP contribution in [0.4, 0.5) is 0 Å². The van der Waals surface area contributed by atoms with E-state index in [4.69, 9.17) is 0 Å². The van der Waals surface area contributed by atoms with Crippen molar-refractivity contribution in [3.63, 3.8) is 0 Å². The van der Waals surface area contributed by atoms with E-state index in [0.717, 1.165) is 25.7 Å². The molecule has 0 saturated carbocycles. The fourth-order valence-electron chi connectivity index (χ4n) is 2.20. The molecular weight excluding hydrogens is 247 g/mol. The van der Waals surface area contributed by atoms with Gasteiger partial charge in [0, 0.05) is 0 Å². The molecule has 0 aromatic heterocycles. The van der Waals surface area contributed by atoms with Gasteiger partial charge in [0.1, 0.15) is 0 Å². The average Bonchev–Trinajstić information content (AvgIpc) is 2.33. The third kappa shape index (κ3) is 4.56. The third-order valence-electron chi connectivity index (χ3n) is 3.34. The van der Waals surface area contributed by atoms with E-state index in [2.05, 4.69) is 13.8 Å². The number of rotatable bonds is 7. The van der Waals surface area contributed by atoms with Crippen LogP contribution in [0.3, 0.4) is 0 Å². The Morgan fingerprint density at radius 3 is 2.44 bits per heavy atom. The molecule has 4 heteroatoms. The maximum absolute atomic E-state index is 11.2. The normalized spacial score (nSPS) is 13.6. The van der Waals surface area contributed by atoms with Gasteiger partial charge in [0.15, 0.2) is 0 Å². The highest BCUT2D eigenvalue weighted by atomic mass is 31.2. The predicted molar refractivity (Wildman–Crippen MR) is 70.7 cm³/mol. The SMILES string of the molecule is CCCCC(CC)Cc1ccccc1P(=O)([O-])[O-]. The summed E-state index contributed by atoms with van der Waals surface area (Å²) in [5.41, 5.74) is 0.675. The molecule has 1 rings (SSSR count). The van der Waals surface area contributed by atoms with Gasteiger partial charge in [-0.25, -0.2) is 0 Å². The van der Waals surface area contributed by atoms with Gasteiger partial charge in [-0.3, -0.25) is 0 Å². The van der Waals surface area contributed by atoms with E-state index in [1.54, 1.807) is 18.2 Å². The highest BCUT2D eigenvalue weighted by molar-refractivity contribution is 7.57. The van der Waals surface area contributed by atoms with E-state index in [-0.39, 0.29) is 5.30 Å². The molecule has 0 saturated heterocycles. The number of unbranched alkanes of at least 4 members (excludes halogenated alkanes) is 1. The molecular formula is C14H21O3P-2. The summed E-state index contributed by atoms with van der Waals surface area (Å²) in [7, 11) is -4.65. The number of hydrogen-bond donors (Lipinski definition) is 0. The van der Waals surface area contributed by atoms with Crippen LogP contribution in [0, 0.1) is 5.92 Å². The van der Waals surface area contributed by atoms with Gasteiger partial charge in [0.2, 0.25) is 0 Å². The van der Waals surface area contributed by atoms with Gasteiger partial charge in [0.25, 0.3) is 0 Å². The Balaban J connectivity index is 2.86. The van der Waals surface area contributed by atoms with E-state index in [9.17, 15) is 14.4 Å². The quantitative estimate of drug-likeness (QED) is 0.710. The highest BCUT2D eigenvalue weighted by Crippen LogP contribution is 2.27. The maximum atomic E-state index is 11.2. The fourth-order valence-corrected chi connectivity index (χ4v) is 2.99. The van der Waals surface area contributed by atoms with Gasteiger partial charge in [-0.1, -0.05) is 63.8 Å². The van der Waals surface area contributed by atoms with Crippen molar-refractivity contribution in [2.45, 2.75) is 46.0 Å². The van der Waals surface area contributed by atoms with Crippen LogP contribution in [-0.2, 0) is 11.0 Å². The van der Waals surface area contributed by atoms with E-state index in [1.165, 1.54) is 6.07 Å². The molecule has 0 N–H and O–H groups in total. The molecule has 18 heavy (non-hydrogen) atoms. The monoisotopic (exact) mass is 268 g/mol. The molecule has 0 heterocycles. The van der Waals surface area contributed by atoms with Gasteiger partial charge in [-0.15, -0.1) is 0 Å². The van der Waals surface area contributed by atoms with Crippen molar-refractivity contribution in [1.82, 2.24) is 0 Å². The van der Waals surface area contributed by atoms with Crippen LogP contribution in [0.25, 0.3) is 0 Å². The Kier molecular flexibility index (Phi) is 6.07. The van der Waals surface area contributed by atoms with Gasteiger partial charge >= 0.3 is 0 Å². The van der Waals surface area contributed by atoms with E-state index < -0.39 is 7.60 Å². The first-order valence-electron chi connectivity index (χ1n) is 6.59. The van der Waals surface area contributed by atoms with Gasteiger partial charge < -0.3 is 14.4 Å². The highest BCUT2D eigenvalue weighted by Gasteiger charge is 2.11. The molecule has 0 spiro atoms. The molecule has 1 atom stereocenters. The second kappa shape index (κ2) is 7.08. The van der Waals surface area contributed by atoms with E-state index in [0.29, 0.717) is 17.9 Å². The summed E-state index contributed by atoms with van der Waals surface area (Å²) in [5, 5.41) is -0.0278. The van der Waals surface area contributed by atoms with Crippen LogP contribution in [0.2, 0.25) is 0 Å². The van der Waals surface area contributed by atoms with Gasteiger partial charge in [-0.2, -0.15) is 0 Å². The first-order chi connectivity index (χ1) is 8.49. The maximum Gasteiger partial charge on any atom is -0.0125 e. The lowest BCUT2D eigenvalue weighted by molar-refractivity contribution is -0.308. The van der Waals surface area contributed by atoms with Crippen LogP contribution in [0.5, 0.6) is 0 Å². The molecule has 0 fully saturated rings. The van der Waals surface area contributed by atoms with Crippen LogP contribution >= 0.6 is 7.60 Å². The lowest BCUT2D eigenvalue weighted by atomic mass is 9.92. The largest absolute Gasteiger partial charge is 0.807 e. The Morgan fingerprint density at radius 2 is 1.89 bits per heavy atom. The number of hydrogen-bond acceptors (Lipinski definition) is 3. The lowest BCUT2D eigenvalue weighted by Gasteiger charge is -2.32. The molecule has 0 aliphatic rings. The minimum Gasteiger partial charge on any atom is -0.807 e. The Hall–Kier alpha value is -0.630. The second-order valence-electron chi connectivity index (χ2n) is 4.75. The molecule has 0 aliphatic heterocycles. The summed E-state index contributed by atoms with van der Waals surface area (Å²) in [6, 6.07) is 6.57. The molecule has 1 aromatic rings. The minimum absolute atomic E-state index is 0.0278. The van der Waals surface area contributed by atoms with Crippen LogP contribution in [0.1, 0.15) is 45.1 Å². The summed E-state index contributed by atoms with van der Waals surface area (Å²) in [5.74, 6) is 0.456. The van der Waals surface area contributed by atoms with Gasteiger partial charge in [0.05, 0.1) is 0 Å². The molecule has 0 radical (unpaired) electrons. The Labute approximate surface area is 109 Å². The summed E-state index contributed by atoms with van der Waals surface area (Å²) in [6.07, 6.45) is 5.06. The topological polar surface area (TPSA) is 63.2 Å². The zero-order valence-corrected chi connectivity index (χ0v) is 12.0. The fraction of sp³-hybridized carbons (Fsp3) is 0.571. The van der Waals surface area contributed by atoms with Crippen molar-refractivity contribution in [3.05, 3.63) is 29.8 Å². The molecule has 0 bridgehead atoms. The van der Waals surface area contributed by atoms with Crippen molar-refractivity contribution < 1.29 is 14.4 Å². The molecule has 3 nitrogen and oxygen atoms in total. The third-order valence-corrected chi connectivity index (χ3v) is 4.36. The Morgan fingerprint density at radius 1 is 1.22 bits per heavy atom. The summed E-state index contributed by atoms with van der Waals surface area (Å²) < 4.78 is 11.2. The molecule has 0 amide bonds. The summed E-state index contributed by atoms with van der Waals surface area (Å²) in [6.45, 7) is 4.25. The van der Waals surface area contributed by atoms with Gasteiger partial charge in [-0.05, 0) is 30.8 Å². The molecule has 1 unspecified atom stereocenters. The standard InChI is InChI=1S/C14H23O3P/c1-3-5-8-12(4-2)11-13-9-6-7-10-14(13)18(15,16)17/h6-7,9-10,12H,3-5,8,11H2,1-2H3,(H2,15,16,17)/p-2. The smallest absolute Gasteiger partial charge is 0.0125 e. The lowest BCUT2D eigenvalue weighted by Crippen LogP contribution is -2.28. The van der Waals surface area contributed by atoms with E-state index >= 15 is 0 Å². The first kappa shape index (κ1) is 15.4.